The molecule has 1 rings (SSSR count). The first-order valence-corrected chi connectivity index (χ1v) is 6.33. The van der Waals surface area contributed by atoms with Crippen LogP contribution in [0, 0.1) is 5.82 Å². The van der Waals surface area contributed by atoms with Gasteiger partial charge in [-0.15, -0.1) is 0 Å². The third kappa shape index (κ3) is 4.70. The Kier molecular flexibility index (Phi) is 4.56. The molecule has 21 heavy (non-hydrogen) atoms. The molecule has 1 heterocycles. The molecule has 1 aromatic heterocycles. The zero-order valence-electron chi connectivity index (χ0n) is 12.7. The quantitative estimate of drug-likeness (QED) is 0.895. The molecule has 7 heteroatoms. The molecule has 0 unspecified atom stereocenters. The molecule has 0 aliphatic carbocycles. The average molecular weight is 298 g/mol. The number of aromatic carboxylic acids is 1. The monoisotopic (exact) mass is 298 g/mol. The fourth-order valence-electron chi connectivity index (χ4n) is 1.57. The van der Waals surface area contributed by atoms with Crippen molar-refractivity contribution >= 4 is 12.1 Å². The highest BCUT2D eigenvalue weighted by Crippen LogP contribution is 2.22. The molecule has 0 saturated carbocycles. The van der Waals surface area contributed by atoms with Crippen LogP contribution < -0.4 is 5.32 Å². The zero-order chi connectivity index (χ0) is 16.4. The minimum atomic E-state index is -1.45. The largest absolute Gasteiger partial charge is 0.476 e. The summed E-state index contributed by atoms with van der Waals surface area (Å²) in [6, 6.07) is 1.04. The van der Waals surface area contributed by atoms with Crippen LogP contribution in [0.5, 0.6) is 0 Å². The van der Waals surface area contributed by atoms with Crippen molar-refractivity contribution in [1.82, 2.24) is 10.3 Å². The van der Waals surface area contributed by atoms with E-state index in [2.05, 4.69) is 10.3 Å². The number of carboxylic acid groups (broad SMARTS) is 1. The van der Waals surface area contributed by atoms with Crippen LogP contribution in [0.25, 0.3) is 0 Å². The van der Waals surface area contributed by atoms with Gasteiger partial charge in [-0.1, -0.05) is 0 Å². The van der Waals surface area contributed by atoms with E-state index in [-0.39, 0.29) is 0 Å². The summed E-state index contributed by atoms with van der Waals surface area (Å²) in [4.78, 5) is 26.1. The molecule has 0 spiro atoms. The summed E-state index contributed by atoms with van der Waals surface area (Å²) < 4.78 is 18.8. The lowest BCUT2D eigenvalue weighted by atomic mass is 9.96. The van der Waals surface area contributed by atoms with Gasteiger partial charge in [-0.25, -0.2) is 19.0 Å². The Morgan fingerprint density at radius 1 is 1.29 bits per heavy atom. The summed E-state index contributed by atoms with van der Waals surface area (Å²) in [7, 11) is 0. The van der Waals surface area contributed by atoms with Gasteiger partial charge in [0.05, 0.1) is 5.54 Å². The van der Waals surface area contributed by atoms with Crippen molar-refractivity contribution in [3.63, 3.8) is 0 Å². The molecular weight excluding hydrogens is 279 g/mol. The first-order chi connectivity index (χ1) is 9.42. The second-order valence-electron chi connectivity index (χ2n) is 6.11. The molecule has 1 amide bonds. The minimum Gasteiger partial charge on any atom is -0.476 e. The lowest BCUT2D eigenvalue weighted by Crippen LogP contribution is -2.44. The number of carbonyl (C=O) groups excluding carboxylic acids is 1. The second-order valence-corrected chi connectivity index (χ2v) is 6.11. The number of rotatable bonds is 3. The fourth-order valence-corrected chi connectivity index (χ4v) is 1.57. The third-order valence-electron chi connectivity index (χ3n) is 2.58. The Morgan fingerprint density at radius 2 is 1.86 bits per heavy atom. The highest BCUT2D eigenvalue weighted by Gasteiger charge is 2.28. The lowest BCUT2D eigenvalue weighted by Gasteiger charge is -2.28. The molecule has 0 atom stereocenters. The first-order valence-electron chi connectivity index (χ1n) is 6.33. The van der Waals surface area contributed by atoms with Gasteiger partial charge in [-0.2, -0.15) is 0 Å². The van der Waals surface area contributed by atoms with Crippen molar-refractivity contribution in [3.8, 4) is 0 Å². The zero-order valence-corrected chi connectivity index (χ0v) is 12.7. The van der Waals surface area contributed by atoms with Gasteiger partial charge in [0.1, 0.15) is 5.60 Å². The Bertz CT molecular complexity index is 565. The van der Waals surface area contributed by atoms with E-state index < -0.39 is 34.7 Å². The summed E-state index contributed by atoms with van der Waals surface area (Å²) in [5, 5.41) is 11.3. The Labute approximate surface area is 122 Å². The van der Waals surface area contributed by atoms with Gasteiger partial charge >= 0.3 is 12.1 Å². The number of aromatic nitrogens is 1. The molecule has 2 N–H and O–H groups in total. The predicted molar refractivity (Wildman–Crippen MR) is 73.6 cm³/mol. The lowest BCUT2D eigenvalue weighted by molar-refractivity contribution is 0.0469. The number of carboxylic acids is 1. The number of hydrogen-bond donors (Lipinski definition) is 2. The van der Waals surface area contributed by atoms with Crippen LogP contribution in [0.3, 0.4) is 0 Å². The Balaban J connectivity index is 2.95. The van der Waals surface area contributed by atoms with Crippen molar-refractivity contribution in [2.75, 3.05) is 0 Å². The van der Waals surface area contributed by atoms with Crippen molar-refractivity contribution in [2.45, 2.75) is 45.8 Å². The van der Waals surface area contributed by atoms with Crippen molar-refractivity contribution in [3.05, 3.63) is 29.3 Å². The summed E-state index contributed by atoms with van der Waals surface area (Å²) in [5.41, 5.74) is -1.95. The SMILES string of the molecule is CC(C)(C)OC(=O)NC(C)(C)c1cnc(C(=O)O)c(F)c1. The summed E-state index contributed by atoms with van der Waals surface area (Å²) in [5.74, 6) is -2.41. The van der Waals surface area contributed by atoms with E-state index in [0.29, 0.717) is 5.56 Å². The molecular formula is C14H19FN2O4. The van der Waals surface area contributed by atoms with Crippen molar-refractivity contribution in [2.24, 2.45) is 0 Å². The van der Waals surface area contributed by atoms with E-state index in [1.54, 1.807) is 34.6 Å². The maximum absolute atomic E-state index is 13.7. The number of alkyl carbamates (subject to hydrolysis) is 1. The topological polar surface area (TPSA) is 88.5 Å². The summed E-state index contributed by atoms with van der Waals surface area (Å²) >= 11 is 0. The van der Waals surface area contributed by atoms with E-state index >= 15 is 0 Å². The second kappa shape index (κ2) is 5.67. The molecule has 0 aliphatic heterocycles. The average Bonchev–Trinajstić information content (AvgIpc) is 2.24. The molecule has 0 fully saturated rings. The molecule has 1 aromatic rings. The van der Waals surface area contributed by atoms with Gasteiger partial charge in [0.2, 0.25) is 0 Å². The van der Waals surface area contributed by atoms with Gasteiger partial charge in [-0.3, -0.25) is 0 Å². The molecule has 6 nitrogen and oxygen atoms in total. The first kappa shape index (κ1) is 16.9. The molecule has 0 saturated heterocycles. The normalized spacial score (nSPS) is 11.9. The number of nitrogens with one attached hydrogen (secondary N) is 1. The van der Waals surface area contributed by atoms with Crippen LogP contribution in [0.1, 0.15) is 50.7 Å². The standard InChI is InChI=1S/C14H19FN2O4/c1-13(2,3)21-12(20)17-14(4,5)8-6-9(15)10(11(18)19)16-7-8/h6-7H,1-5H3,(H,17,20)(H,18,19). The number of nitrogens with zero attached hydrogens (tertiary/aromatic N) is 1. The van der Waals surface area contributed by atoms with Crippen LogP contribution in [0.4, 0.5) is 9.18 Å². The van der Waals surface area contributed by atoms with Gasteiger partial charge < -0.3 is 15.2 Å². The van der Waals surface area contributed by atoms with Gasteiger partial charge in [0, 0.05) is 6.20 Å². The van der Waals surface area contributed by atoms with Crippen LogP contribution in [0.15, 0.2) is 12.3 Å². The third-order valence-corrected chi connectivity index (χ3v) is 2.58. The van der Waals surface area contributed by atoms with E-state index in [1.807, 2.05) is 0 Å². The molecule has 116 valence electrons. The van der Waals surface area contributed by atoms with E-state index in [9.17, 15) is 14.0 Å². The minimum absolute atomic E-state index is 0.329. The predicted octanol–water partition coefficient (Wildman–Crippen LogP) is 2.68. The van der Waals surface area contributed by atoms with Crippen molar-refractivity contribution in [1.29, 1.82) is 0 Å². The summed E-state index contributed by atoms with van der Waals surface area (Å²) in [6.07, 6.45) is 0.555. The van der Waals surface area contributed by atoms with E-state index in [4.69, 9.17) is 9.84 Å². The summed E-state index contributed by atoms with van der Waals surface area (Å²) in [6.45, 7) is 8.44. The van der Waals surface area contributed by atoms with Crippen LogP contribution in [-0.4, -0.2) is 27.8 Å². The number of hydrogen-bond acceptors (Lipinski definition) is 4. The molecule has 0 aromatic carbocycles. The maximum Gasteiger partial charge on any atom is 0.408 e. The number of carbonyl (C=O) groups is 2. The number of halogens is 1. The van der Waals surface area contributed by atoms with Crippen LogP contribution in [0.2, 0.25) is 0 Å². The Hall–Kier alpha value is -2.18. The molecule has 0 bridgehead atoms. The molecule has 0 radical (unpaired) electrons. The van der Waals surface area contributed by atoms with Crippen LogP contribution in [-0.2, 0) is 10.3 Å². The van der Waals surface area contributed by atoms with Gasteiger partial charge in [0.25, 0.3) is 0 Å². The van der Waals surface area contributed by atoms with Crippen LogP contribution >= 0.6 is 0 Å². The van der Waals surface area contributed by atoms with E-state index in [0.717, 1.165) is 6.07 Å². The highest BCUT2D eigenvalue weighted by atomic mass is 19.1. The number of pyridine rings is 1. The smallest absolute Gasteiger partial charge is 0.408 e. The maximum atomic E-state index is 13.7. The fraction of sp³-hybridized carbons (Fsp3) is 0.500. The van der Waals surface area contributed by atoms with Gasteiger partial charge in [-0.05, 0) is 46.2 Å². The Morgan fingerprint density at radius 3 is 2.29 bits per heavy atom. The van der Waals surface area contributed by atoms with Gasteiger partial charge in [0.15, 0.2) is 11.5 Å². The van der Waals surface area contributed by atoms with E-state index in [1.165, 1.54) is 6.20 Å². The molecule has 0 aliphatic rings. The number of amides is 1. The highest BCUT2D eigenvalue weighted by molar-refractivity contribution is 5.85. The van der Waals surface area contributed by atoms with Crippen molar-refractivity contribution < 1.29 is 23.8 Å². The number of ether oxygens (including phenoxy) is 1.